The van der Waals surface area contributed by atoms with E-state index in [1.54, 1.807) is 0 Å². The molecule has 0 spiro atoms. The largest absolute Gasteiger partial charge is 0.534 e. The summed E-state index contributed by atoms with van der Waals surface area (Å²) in [5, 5.41) is 0. The molecule has 0 amide bonds. The second-order valence-electron chi connectivity index (χ2n) is 7.06. The van der Waals surface area contributed by atoms with Crippen LogP contribution in [-0.2, 0) is 10.1 Å². The van der Waals surface area contributed by atoms with Crippen LogP contribution in [0.3, 0.4) is 0 Å². The van der Waals surface area contributed by atoms with E-state index in [1.165, 1.54) is 24.3 Å². The number of nitrogens with zero attached hydrogens (tertiary/aromatic N) is 1. The van der Waals surface area contributed by atoms with Crippen LogP contribution in [0.5, 0.6) is 5.75 Å². The zero-order valence-electron chi connectivity index (χ0n) is 17.1. The van der Waals surface area contributed by atoms with E-state index >= 15 is 0 Å². The molecule has 0 aliphatic carbocycles. The first-order valence-corrected chi connectivity index (χ1v) is 11.3. The van der Waals surface area contributed by atoms with E-state index in [-0.39, 0.29) is 0 Å². The van der Waals surface area contributed by atoms with Crippen molar-refractivity contribution in [2.75, 3.05) is 4.90 Å². The topological polar surface area (TPSA) is 46.6 Å². The molecule has 0 N–H and O–H groups in total. The monoisotopic (exact) mass is 469 g/mol. The van der Waals surface area contributed by atoms with E-state index in [4.69, 9.17) is 0 Å². The minimum atomic E-state index is -5.70. The van der Waals surface area contributed by atoms with Crippen LogP contribution in [0.1, 0.15) is 0 Å². The molecule has 0 fully saturated rings. The standard InChI is InChI=1S/C25H18F3NO3S/c26-25(27,28)33(30,31)32-24-17-13-20(14-18-24)19-11-15-23(16-12-19)29(21-7-3-1-4-8-21)22-9-5-2-6-10-22/h1-18H. The van der Waals surface area contributed by atoms with Crippen molar-refractivity contribution in [2.24, 2.45) is 0 Å². The van der Waals surface area contributed by atoms with Gasteiger partial charge in [-0.25, -0.2) is 0 Å². The van der Waals surface area contributed by atoms with Crippen LogP contribution in [0.2, 0.25) is 0 Å². The number of rotatable bonds is 6. The third kappa shape index (κ3) is 5.01. The number of anilines is 3. The Morgan fingerprint density at radius 2 is 0.970 bits per heavy atom. The molecule has 4 aromatic rings. The predicted molar refractivity (Wildman–Crippen MR) is 122 cm³/mol. The molecule has 8 heteroatoms. The summed E-state index contributed by atoms with van der Waals surface area (Å²) in [6, 6.07) is 32.8. The lowest BCUT2D eigenvalue weighted by Crippen LogP contribution is -2.28. The summed E-state index contributed by atoms with van der Waals surface area (Å²) in [5.41, 5.74) is -1.07. The number of benzene rings is 4. The molecule has 0 aromatic heterocycles. The molecule has 0 atom stereocenters. The van der Waals surface area contributed by atoms with Crippen LogP contribution in [0.25, 0.3) is 11.1 Å². The summed E-state index contributed by atoms with van der Waals surface area (Å²) < 4.78 is 63.9. The van der Waals surface area contributed by atoms with Crippen molar-refractivity contribution in [1.82, 2.24) is 0 Å². The van der Waals surface area contributed by atoms with Gasteiger partial charge >= 0.3 is 15.6 Å². The highest BCUT2D eigenvalue weighted by Crippen LogP contribution is 2.35. The maximum absolute atomic E-state index is 12.5. The average Bonchev–Trinajstić information content (AvgIpc) is 2.81. The summed E-state index contributed by atoms with van der Waals surface area (Å²) in [7, 11) is -5.70. The Hall–Kier alpha value is -3.78. The van der Waals surface area contributed by atoms with E-state index in [9.17, 15) is 21.6 Å². The van der Waals surface area contributed by atoms with Gasteiger partial charge in [-0.2, -0.15) is 21.6 Å². The second-order valence-corrected chi connectivity index (χ2v) is 8.60. The fourth-order valence-electron chi connectivity index (χ4n) is 3.28. The van der Waals surface area contributed by atoms with Gasteiger partial charge in [0.15, 0.2) is 0 Å². The highest BCUT2D eigenvalue weighted by Gasteiger charge is 2.48. The average molecular weight is 469 g/mol. The highest BCUT2D eigenvalue weighted by molar-refractivity contribution is 7.88. The van der Waals surface area contributed by atoms with Gasteiger partial charge in [-0.15, -0.1) is 0 Å². The van der Waals surface area contributed by atoms with Gasteiger partial charge < -0.3 is 9.08 Å². The molecule has 0 aliphatic rings. The molecule has 4 aromatic carbocycles. The van der Waals surface area contributed by atoms with Crippen molar-refractivity contribution >= 4 is 27.2 Å². The minimum Gasteiger partial charge on any atom is -0.376 e. The van der Waals surface area contributed by atoms with E-state index in [2.05, 4.69) is 9.08 Å². The number of hydrogen-bond donors (Lipinski definition) is 0. The van der Waals surface area contributed by atoms with E-state index < -0.39 is 21.4 Å². The molecule has 0 saturated carbocycles. The molecular weight excluding hydrogens is 451 g/mol. The van der Waals surface area contributed by atoms with Crippen molar-refractivity contribution < 1.29 is 25.8 Å². The molecular formula is C25H18F3NO3S. The van der Waals surface area contributed by atoms with Gasteiger partial charge in [-0.3, -0.25) is 0 Å². The maximum Gasteiger partial charge on any atom is 0.534 e. The molecule has 0 aliphatic heterocycles. The zero-order valence-corrected chi connectivity index (χ0v) is 17.9. The van der Waals surface area contributed by atoms with Gasteiger partial charge in [0.1, 0.15) is 5.75 Å². The van der Waals surface area contributed by atoms with Gasteiger partial charge in [-0.1, -0.05) is 60.7 Å². The van der Waals surface area contributed by atoms with Crippen LogP contribution in [-0.4, -0.2) is 13.9 Å². The summed E-state index contributed by atoms with van der Waals surface area (Å²) >= 11 is 0. The molecule has 4 nitrogen and oxygen atoms in total. The molecule has 168 valence electrons. The zero-order chi connectivity index (χ0) is 23.5. The van der Waals surface area contributed by atoms with Gasteiger partial charge in [0.05, 0.1) is 0 Å². The lowest BCUT2D eigenvalue weighted by atomic mass is 10.0. The van der Waals surface area contributed by atoms with Crippen molar-refractivity contribution in [3.8, 4) is 16.9 Å². The highest BCUT2D eigenvalue weighted by atomic mass is 32.2. The maximum atomic E-state index is 12.5. The fraction of sp³-hybridized carbons (Fsp3) is 0.0400. The van der Waals surface area contributed by atoms with Gasteiger partial charge in [0.2, 0.25) is 0 Å². The summed E-state index contributed by atoms with van der Waals surface area (Å²) in [6.45, 7) is 0. The quantitative estimate of drug-likeness (QED) is 0.224. The van der Waals surface area contributed by atoms with Crippen molar-refractivity contribution in [2.45, 2.75) is 5.51 Å². The second kappa shape index (κ2) is 8.99. The molecule has 4 rings (SSSR count). The summed E-state index contributed by atoms with van der Waals surface area (Å²) in [5.74, 6) is -0.410. The number of para-hydroxylation sites is 2. The van der Waals surface area contributed by atoms with Gasteiger partial charge in [0, 0.05) is 17.1 Å². The molecule has 0 bridgehead atoms. The first kappa shape index (κ1) is 22.4. The van der Waals surface area contributed by atoms with E-state index in [0.29, 0.717) is 5.56 Å². The van der Waals surface area contributed by atoms with Crippen LogP contribution in [0.15, 0.2) is 109 Å². The molecule has 0 unspecified atom stereocenters. The number of alkyl halides is 3. The minimum absolute atomic E-state index is 0.410. The SMILES string of the molecule is O=S(=O)(Oc1ccc(-c2ccc(N(c3ccccc3)c3ccccc3)cc2)cc1)C(F)(F)F. The van der Waals surface area contributed by atoms with Crippen LogP contribution in [0.4, 0.5) is 30.2 Å². The fourth-order valence-corrected chi connectivity index (χ4v) is 3.74. The predicted octanol–water partition coefficient (Wildman–Crippen LogP) is 7.05. The summed E-state index contributed by atoms with van der Waals surface area (Å²) in [4.78, 5) is 2.10. The third-order valence-electron chi connectivity index (χ3n) is 4.83. The first-order chi connectivity index (χ1) is 15.7. The van der Waals surface area contributed by atoms with Crippen molar-refractivity contribution in [1.29, 1.82) is 0 Å². The Morgan fingerprint density at radius 1 is 0.576 bits per heavy atom. The Bertz CT molecular complexity index is 1270. The molecule has 33 heavy (non-hydrogen) atoms. The van der Waals surface area contributed by atoms with Crippen LogP contribution in [0, 0.1) is 0 Å². The van der Waals surface area contributed by atoms with Gasteiger partial charge in [0.25, 0.3) is 0 Å². The lowest BCUT2D eigenvalue weighted by molar-refractivity contribution is -0.0500. The Labute approximate surface area is 189 Å². The first-order valence-electron chi connectivity index (χ1n) is 9.86. The molecule has 0 heterocycles. The Morgan fingerprint density at radius 3 is 1.39 bits per heavy atom. The third-order valence-corrected chi connectivity index (χ3v) is 5.81. The van der Waals surface area contributed by atoms with Crippen LogP contribution < -0.4 is 9.08 Å². The number of halogens is 3. The normalized spacial score (nSPS) is 11.7. The molecule has 0 saturated heterocycles. The van der Waals surface area contributed by atoms with Crippen LogP contribution >= 0.6 is 0 Å². The Kier molecular flexibility index (Phi) is 6.11. The van der Waals surface area contributed by atoms with E-state index in [1.807, 2.05) is 84.9 Å². The van der Waals surface area contributed by atoms with E-state index in [0.717, 1.165) is 22.6 Å². The lowest BCUT2D eigenvalue weighted by Gasteiger charge is -2.25. The summed E-state index contributed by atoms with van der Waals surface area (Å²) in [6.07, 6.45) is 0. The Balaban J connectivity index is 1.60. The smallest absolute Gasteiger partial charge is 0.376 e. The number of hydrogen-bond acceptors (Lipinski definition) is 4. The van der Waals surface area contributed by atoms with Gasteiger partial charge in [-0.05, 0) is 59.7 Å². The molecule has 0 radical (unpaired) electrons. The van der Waals surface area contributed by atoms with Crippen molar-refractivity contribution in [3.63, 3.8) is 0 Å². The van der Waals surface area contributed by atoms with Crippen molar-refractivity contribution in [3.05, 3.63) is 109 Å².